The topological polar surface area (TPSA) is 51.8 Å². The van der Waals surface area contributed by atoms with Gasteiger partial charge in [-0.1, -0.05) is 0 Å². The van der Waals surface area contributed by atoms with Crippen molar-refractivity contribution in [3.8, 4) is 11.4 Å². The zero-order valence-electron chi connectivity index (χ0n) is 10.8. The molecule has 0 spiro atoms. The first-order valence-corrected chi connectivity index (χ1v) is 7.04. The molecule has 2 saturated carbocycles. The molecule has 2 fully saturated rings. The second-order valence-electron chi connectivity index (χ2n) is 5.71. The molecule has 1 aromatic carbocycles. The van der Waals surface area contributed by atoms with Crippen LogP contribution in [0.4, 0.5) is 5.69 Å². The van der Waals surface area contributed by atoms with Crippen LogP contribution in [0.1, 0.15) is 48.9 Å². The van der Waals surface area contributed by atoms with E-state index in [0.29, 0.717) is 11.8 Å². The van der Waals surface area contributed by atoms with Crippen LogP contribution in [0, 0.1) is 0 Å². The average molecular weight is 251 g/mol. The van der Waals surface area contributed by atoms with Crippen molar-refractivity contribution < 1.29 is 0 Å². The molecule has 1 heterocycles. The zero-order chi connectivity index (χ0) is 12.8. The van der Waals surface area contributed by atoms with Gasteiger partial charge in [0.25, 0.3) is 0 Å². The largest absolute Gasteiger partial charge is 0.399 e. The van der Waals surface area contributed by atoms with Crippen LogP contribution in [-0.2, 0) is 0 Å². The quantitative estimate of drug-likeness (QED) is 0.850. The van der Waals surface area contributed by atoms with Gasteiger partial charge in [-0.3, -0.25) is 0 Å². The summed E-state index contributed by atoms with van der Waals surface area (Å²) in [5, 5.41) is 0. The summed E-state index contributed by atoms with van der Waals surface area (Å²) in [4.78, 5) is 9.51. The lowest BCUT2D eigenvalue weighted by Gasteiger charge is -2.07. The minimum Gasteiger partial charge on any atom is -0.399 e. The third kappa shape index (κ3) is 2.21. The Balaban J connectivity index is 1.79. The summed E-state index contributed by atoms with van der Waals surface area (Å²) in [5.74, 6) is 2.22. The van der Waals surface area contributed by atoms with Crippen LogP contribution < -0.4 is 5.73 Å². The summed E-state index contributed by atoms with van der Waals surface area (Å²) in [6.07, 6.45) is 5.12. The summed E-state index contributed by atoms with van der Waals surface area (Å²) in [6, 6.07) is 10.1. The molecule has 4 rings (SSSR count). The van der Waals surface area contributed by atoms with Gasteiger partial charge < -0.3 is 5.73 Å². The van der Waals surface area contributed by atoms with Crippen LogP contribution in [0.3, 0.4) is 0 Å². The lowest BCUT2D eigenvalue weighted by Crippen LogP contribution is -1.99. The Hall–Kier alpha value is -1.90. The molecule has 2 aliphatic carbocycles. The molecule has 2 aromatic rings. The summed E-state index contributed by atoms with van der Waals surface area (Å²) in [7, 11) is 0. The maximum absolute atomic E-state index is 5.74. The second-order valence-corrected chi connectivity index (χ2v) is 5.71. The molecule has 2 aliphatic rings. The first-order valence-electron chi connectivity index (χ1n) is 7.04. The van der Waals surface area contributed by atoms with E-state index in [4.69, 9.17) is 15.7 Å². The number of nitrogens with two attached hydrogens (primary N) is 1. The Morgan fingerprint density at radius 1 is 0.842 bits per heavy atom. The highest BCUT2D eigenvalue weighted by Crippen LogP contribution is 2.44. The van der Waals surface area contributed by atoms with Gasteiger partial charge in [0.1, 0.15) is 0 Å². The van der Waals surface area contributed by atoms with Crippen LogP contribution in [-0.4, -0.2) is 9.97 Å². The molecule has 0 radical (unpaired) electrons. The van der Waals surface area contributed by atoms with Gasteiger partial charge in [0.2, 0.25) is 0 Å². The third-order valence-electron chi connectivity index (χ3n) is 3.93. The minimum atomic E-state index is 0.674. The van der Waals surface area contributed by atoms with Crippen molar-refractivity contribution in [1.82, 2.24) is 9.97 Å². The number of benzene rings is 1. The summed E-state index contributed by atoms with van der Waals surface area (Å²) < 4.78 is 0. The highest BCUT2D eigenvalue weighted by molar-refractivity contribution is 5.59. The summed E-state index contributed by atoms with van der Waals surface area (Å²) in [6.45, 7) is 0. The molecule has 1 aromatic heterocycles. The fourth-order valence-corrected chi connectivity index (χ4v) is 2.42. The minimum absolute atomic E-state index is 0.674. The molecule has 2 N–H and O–H groups in total. The van der Waals surface area contributed by atoms with E-state index in [2.05, 4.69) is 6.07 Å². The van der Waals surface area contributed by atoms with E-state index in [-0.39, 0.29) is 0 Å². The van der Waals surface area contributed by atoms with Gasteiger partial charge in [0, 0.05) is 34.5 Å². The molecule has 96 valence electrons. The lowest BCUT2D eigenvalue weighted by atomic mass is 10.1. The maximum atomic E-state index is 5.74. The van der Waals surface area contributed by atoms with Crippen LogP contribution in [0.2, 0.25) is 0 Å². The van der Waals surface area contributed by atoms with Crippen molar-refractivity contribution in [1.29, 1.82) is 0 Å². The third-order valence-corrected chi connectivity index (χ3v) is 3.93. The number of nitrogens with zero attached hydrogens (tertiary/aromatic N) is 2. The van der Waals surface area contributed by atoms with Crippen LogP contribution in [0.15, 0.2) is 30.3 Å². The fourth-order valence-electron chi connectivity index (χ4n) is 2.42. The highest BCUT2D eigenvalue weighted by atomic mass is 14.9. The lowest BCUT2D eigenvalue weighted by molar-refractivity contribution is 0.930. The molecule has 3 nitrogen and oxygen atoms in total. The number of aromatic nitrogens is 2. The molecule has 0 amide bonds. The smallest absolute Gasteiger partial charge is 0.159 e. The van der Waals surface area contributed by atoms with Gasteiger partial charge in [-0.15, -0.1) is 0 Å². The van der Waals surface area contributed by atoms with Crippen molar-refractivity contribution in [3.05, 3.63) is 41.7 Å². The number of anilines is 1. The van der Waals surface area contributed by atoms with Gasteiger partial charge in [-0.25, -0.2) is 9.97 Å². The first kappa shape index (κ1) is 11.0. The Kier molecular flexibility index (Phi) is 2.34. The van der Waals surface area contributed by atoms with Crippen LogP contribution >= 0.6 is 0 Å². The predicted molar refractivity (Wildman–Crippen MR) is 75.8 cm³/mol. The highest BCUT2D eigenvalue weighted by Gasteiger charge is 2.30. The predicted octanol–water partition coefficient (Wildman–Crippen LogP) is 3.48. The first-order chi connectivity index (χ1) is 9.29. The van der Waals surface area contributed by atoms with Crippen molar-refractivity contribution >= 4 is 5.69 Å². The molecule has 3 heteroatoms. The normalized spacial score (nSPS) is 18.5. The van der Waals surface area contributed by atoms with E-state index < -0.39 is 0 Å². The number of rotatable bonds is 3. The monoisotopic (exact) mass is 251 g/mol. The van der Waals surface area contributed by atoms with Gasteiger partial charge in [-0.05, 0) is 56.0 Å². The van der Waals surface area contributed by atoms with Crippen LogP contribution in [0.25, 0.3) is 11.4 Å². The van der Waals surface area contributed by atoms with Gasteiger partial charge in [0.15, 0.2) is 5.82 Å². The molecule has 0 saturated heterocycles. The summed E-state index contributed by atoms with van der Waals surface area (Å²) >= 11 is 0. The van der Waals surface area contributed by atoms with Crippen LogP contribution in [0.5, 0.6) is 0 Å². The second kappa shape index (κ2) is 4.05. The molecule has 0 unspecified atom stereocenters. The van der Waals surface area contributed by atoms with E-state index in [0.717, 1.165) is 17.1 Å². The Labute approximate surface area is 112 Å². The van der Waals surface area contributed by atoms with Crippen molar-refractivity contribution in [2.45, 2.75) is 37.5 Å². The van der Waals surface area contributed by atoms with Crippen molar-refractivity contribution in [2.75, 3.05) is 5.73 Å². The van der Waals surface area contributed by atoms with Gasteiger partial charge in [0.05, 0.1) is 0 Å². The Bertz CT molecular complexity index is 580. The van der Waals surface area contributed by atoms with E-state index in [9.17, 15) is 0 Å². The number of hydrogen-bond donors (Lipinski definition) is 1. The SMILES string of the molecule is Nc1ccc(-c2nc(C3CC3)cc(C3CC3)n2)cc1. The summed E-state index contributed by atoms with van der Waals surface area (Å²) in [5.41, 5.74) is 10.1. The number of hydrogen-bond acceptors (Lipinski definition) is 3. The van der Waals surface area contributed by atoms with Gasteiger partial charge >= 0.3 is 0 Å². The van der Waals surface area contributed by atoms with Gasteiger partial charge in [-0.2, -0.15) is 0 Å². The Morgan fingerprint density at radius 2 is 1.37 bits per heavy atom. The van der Waals surface area contributed by atoms with E-state index in [1.807, 2.05) is 24.3 Å². The fraction of sp³-hybridized carbons (Fsp3) is 0.375. The maximum Gasteiger partial charge on any atom is 0.159 e. The number of nitrogen functional groups attached to an aromatic ring is 1. The average Bonchev–Trinajstić information content (AvgIpc) is 3.31. The zero-order valence-corrected chi connectivity index (χ0v) is 10.8. The van der Waals surface area contributed by atoms with Crippen molar-refractivity contribution in [3.63, 3.8) is 0 Å². The van der Waals surface area contributed by atoms with E-state index in [1.165, 1.54) is 37.1 Å². The van der Waals surface area contributed by atoms with E-state index >= 15 is 0 Å². The molecule has 0 aliphatic heterocycles. The van der Waals surface area contributed by atoms with Crippen molar-refractivity contribution in [2.24, 2.45) is 0 Å². The molecular weight excluding hydrogens is 234 g/mol. The standard InChI is InChI=1S/C16H17N3/c17-13-7-5-12(6-8-13)16-18-14(10-1-2-10)9-15(19-16)11-3-4-11/h5-11H,1-4,17H2. The molecule has 19 heavy (non-hydrogen) atoms. The molecule has 0 atom stereocenters. The molecular formula is C16H17N3. The van der Waals surface area contributed by atoms with E-state index in [1.54, 1.807) is 0 Å². The molecule has 0 bridgehead atoms. The Morgan fingerprint density at radius 3 is 1.84 bits per heavy atom.